The molecule has 0 radical (unpaired) electrons. The molecule has 0 saturated heterocycles. The highest BCUT2D eigenvalue weighted by molar-refractivity contribution is 4.52. The molecular formula is C9H22N2O. The summed E-state index contributed by atoms with van der Waals surface area (Å²) in [6.07, 6.45) is 3.46. The van der Waals surface area contributed by atoms with Gasteiger partial charge >= 0.3 is 0 Å². The van der Waals surface area contributed by atoms with Crippen LogP contribution in [0, 0.1) is 0 Å². The maximum atomic E-state index is 5.40. The van der Waals surface area contributed by atoms with Crippen molar-refractivity contribution in [3.63, 3.8) is 0 Å². The van der Waals surface area contributed by atoms with E-state index in [0.717, 1.165) is 39.1 Å². The molecule has 0 atom stereocenters. The minimum Gasteiger partial charge on any atom is -0.385 e. The number of unbranched alkanes of at least 4 members (excludes halogenated alkanes) is 1. The van der Waals surface area contributed by atoms with E-state index in [-0.39, 0.29) is 0 Å². The van der Waals surface area contributed by atoms with Crippen molar-refractivity contribution in [2.75, 3.05) is 40.4 Å². The summed E-state index contributed by atoms with van der Waals surface area (Å²) in [5, 5.41) is 0. The molecule has 0 aromatic heterocycles. The van der Waals surface area contributed by atoms with Crippen molar-refractivity contribution < 1.29 is 4.74 Å². The Labute approximate surface area is 75.9 Å². The van der Waals surface area contributed by atoms with Gasteiger partial charge in [0.1, 0.15) is 0 Å². The molecule has 0 aliphatic heterocycles. The summed E-state index contributed by atoms with van der Waals surface area (Å²) in [7, 11) is 3.89. The zero-order chi connectivity index (χ0) is 9.23. The molecule has 0 aliphatic carbocycles. The van der Waals surface area contributed by atoms with E-state index >= 15 is 0 Å². The van der Waals surface area contributed by atoms with Crippen LogP contribution in [0.4, 0.5) is 0 Å². The van der Waals surface area contributed by atoms with E-state index in [1.54, 1.807) is 7.11 Å². The molecule has 0 bridgehead atoms. The lowest BCUT2D eigenvalue weighted by Crippen LogP contribution is -2.22. The zero-order valence-electron chi connectivity index (χ0n) is 8.38. The summed E-state index contributed by atoms with van der Waals surface area (Å²) in [5.74, 6) is 0. The summed E-state index contributed by atoms with van der Waals surface area (Å²) in [5.41, 5.74) is 5.40. The Bertz CT molecular complexity index is 78.6. The van der Waals surface area contributed by atoms with Gasteiger partial charge in [0.2, 0.25) is 0 Å². The molecule has 0 unspecified atom stereocenters. The second kappa shape index (κ2) is 8.97. The molecule has 0 saturated carbocycles. The van der Waals surface area contributed by atoms with Crippen molar-refractivity contribution in [3.05, 3.63) is 0 Å². The van der Waals surface area contributed by atoms with Crippen LogP contribution >= 0.6 is 0 Å². The van der Waals surface area contributed by atoms with Crippen LogP contribution in [0.15, 0.2) is 0 Å². The van der Waals surface area contributed by atoms with Crippen molar-refractivity contribution in [1.82, 2.24) is 4.90 Å². The Morgan fingerprint density at radius 3 is 2.42 bits per heavy atom. The number of ether oxygens (including phenoxy) is 1. The lowest BCUT2D eigenvalue weighted by Gasteiger charge is -2.15. The SMILES string of the molecule is COCCCN(C)CCCCN. The Kier molecular flexibility index (Phi) is 8.88. The molecule has 0 aromatic rings. The van der Waals surface area contributed by atoms with Gasteiger partial charge in [-0.15, -0.1) is 0 Å². The molecule has 3 nitrogen and oxygen atoms in total. The summed E-state index contributed by atoms with van der Waals surface area (Å²) in [4.78, 5) is 2.33. The Morgan fingerprint density at radius 2 is 1.83 bits per heavy atom. The second-order valence-corrected chi connectivity index (χ2v) is 3.15. The highest BCUT2D eigenvalue weighted by Gasteiger charge is 1.96. The van der Waals surface area contributed by atoms with E-state index in [9.17, 15) is 0 Å². The van der Waals surface area contributed by atoms with E-state index in [0.29, 0.717) is 0 Å². The summed E-state index contributed by atoms with van der Waals surface area (Å²) in [6, 6.07) is 0. The molecule has 0 spiro atoms. The molecule has 12 heavy (non-hydrogen) atoms. The molecule has 3 heteroatoms. The highest BCUT2D eigenvalue weighted by atomic mass is 16.5. The molecular weight excluding hydrogens is 152 g/mol. The first-order chi connectivity index (χ1) is 5.81. The normalized spacial score (nSPS) is 11.0. The molecule has 2 N–H and O–H groups in total. The number of rotatable bonds is 8. The van der Waals surface area contributed by atoms with Crippen LogP contribution in [-0.4, -0.2) is 45.3 Å². The monoisotopic (exact) mass is 174 g/mol. The van der Waals surface area contributed by atoms with Gasteiger partial charge in [-0.1, -0.05) is 0 Å². The fraction of sp³-hybridized carbons (Fsp3) is 1.00. The van der Waals surface area contributed by atoms with Gasteiger partial charge in [0.05, 0.1) is 0 Å². The number of nitrogens with zero attached hydrogens (tertiary/aromatic N) is 1. The predicted molar refractivity (Wildman–Crippen MR) is 52.3 cm³/mol. The fourth-order valence-electron chi connectivity index (χ4n) is 1.12. The summed E-state index contributed by atoms with van der Waals surface area (Å²) < 4.78 is 4.97. The quantitative estimate of drug-likeness (QED) is 0.550. The standard InChI is InChI=1S/C9H22N2O/c1-11(7-4-3-6-10)8-5-9-12-2/h3-10H2,1-2H3. The lowest BCUT2D eigenvalue weighted by atomic mass is 10.3. The summed E-state index contributed by atoms with van der Waals surface area (Å²) >= 11 is 0. The van der Waals surface area contributed by atoms with Crippen molar-refractivity contribution in [2.45, 2.75) is 19.3 Å². The number of hydrogen-bond acceptors (Lipinski definition) is 3. The van der Waals surface area contributed by atoms with Crippen molar-refractivity contribution in [3.8, 4) is 0 Å². The first-order valence-corrected chi connectivity index (χ1v) is 4.68. The fourth-order valence-corrected chi connectivity index (χ4v) is 1.12. The van der Waals surface area contributed by atoms with E-state index in [1.807, 2.05) is 0 Å². The molecule has 0 fully saturated rings. The number of methoxy groups -OCH3 is 1. The summed E-state index contributed by atoms with van der Waals surface area (Å²) in [6.45, 7) is 3.95. The smallest absolute Gasteiger partial charge is 0.0474 e. The first-order valence-electron chi connectivity index (χ1n) is 4.68. The third kappa shape index (κ3) is 7.98. The van der Waals surface area contributed by atoms with Crippen molar-refractivity contribution in [2.24, 2.45) is 5.73 Å². The Morgan fingerprint density at radius 1 is 1.17 bits per heavy atom. The largest absolute Gasteiger partial charge is 0.385 e. The predicted octanol–water partition coefficient (Wildman–Crippen LogP) is 0.694. The minimum absolute atomic E-state index is 0.811. The topological polar surface area (TPSA) is 38.5 Å². The Hall–Kier alpha value is -0.120. The van der Waals surface area contributed by atoms with Crippen LogP contribution in [0.1, 0.15) is 19.3 Å². The molecule has 0 aromatic carbocycles. The minimum atomic E-state index is 0.811. The molecule has 0 aliphatic rings. The van der Waals surface area contributed by atoms with Crippen LogP contribution in [-0.2, 0) is 4.74 Å². The lowest BCUT2D eigenvalue weighted by molar-refractivity contribution is 0.179. The second-order valence-electron chi connectivity index (χ2n) is 3.15. The van der Waals surface area contributed by atoms with E-state index in [1.165, 1.54) is 6.42 Å². The maximum Gasteiger partial charge on any atom is 0.0474 e. The highest BCUT2D eigenvalue weighted by Crippen LogP contribution is 1.93. The van der Waals surface area contributed by atoms with Gasteiger partial charge in [-0.05, 0) is 39.4 Å². The first kappa shape index (κ1) is 11.9. The van der Waals surface area contributed by atoms with E-state index in [4.69, 9.17) is 10.5 Å². The maximum absolute atomic E-state index is 5.40. The van der Waals surface area contributed by atoms with Gasteiger partial charge in [0.15, 0.2) is 0 Å². The van der Waals surface area contributed by atoms with Gasteiger partial charge in [0.25, 0.3) is 0 Å². The van der Waals surface area contributed by atoms with Gasteiger partial charge in [-0.2, -0.15) is 0 Å². The van der Waals surface area contributed by atoms with Crippen LogP contribution < -0.4 is 5.73 Å². The molecule has 0 rings (SSSR count). The van der Waals surface area contributed by atoms with Gasteiger partial charge in [-0.25, -0.2) is 0 Å². The van der Waals surface area contributed by atoms with Crippen LogP contribution in [0.25, 0.3) is 0 Å². The third-order valence-electron chi connectivity index (χ3n) is 1.88. The van der Waals surface area contributed by atoms with E-state index in [2.05, 4.69) is 11.9 Å². The Balaban J connectivity index is 3.04. The van der Waals surface area contributed by atoms with Gasteiger partial charge in [-0.3, -0.25) is 0 Å². The third-order valence-corrected chi connectivity index (χ3v) is 1.88. The number of nitrogens with two attached hydrogens (primary N) is 1. The van der Waals surface area contributed by atoms with Crippen molar-refractivity contribution in [1.29, 1.82) is 0 Å². The average Bonchev–Trinajstić information content (AvgIpc) is 2.06. The average molecular weight is 174 g/mol. The van der Waals surface area contributed by atoms with E-state index < -0.39 is 0 Å². The zero-order valence-corrected chi connectivity index (χ0v) is 8.38. The molecule has 74 valence electrons. The number of hydrogen-bond donors (Lipinski definition) is 1. The van der Waals surface area contributed by atoms with Crippen molar-refractivity contribution >= 4 is 0 Å². The van der Waals surface area contributed by atoms with Gasteiger partial charge in [0, 0.05) is 20.3 Å². The molecule has 0 amide bonds. The van der Waals surface area contributed by atoms with Gasteiger partial charge < -0.3 is 15.4 Å². The molecule has 0 heterocycles. The van der Waals surface area contributed by atoms with Crippen LogP contribution in [0.3, 0.4) is 0 Å². The van der Waals surface area contributed by atoms with Crippen LogP contribution in [0.2, 0.25) is 0 Å². The van der Waals surface area contributed by atoms with Crippen LogP contribution in [0.5, 0.6) is 0 Å².